The van der Waals surface area contributed by atoms with Crippen LogP contribution in [0.2, 0.25) is 0 Å². The largest absolute Gasteiger partial charge is 1.00 e. The summed E-state index contributed by atoms with van der Waals surface area (Å²) in [7, 11) is 0. The number of alkyl halides is 3. The molecule has 3 atom stereocenters. The number of aliphatic hydroxyl groups excluding tert-OH is 1. The molecule has 11 heteroatoms. The van der Waals surface area contributed by atoms with Crippen molar-refractivity contribution in [3.05, 3.63) is 64.2 Å². The summed E-state index contributed by atoms with van der Waals surface area (Å²) in [6.45, 7) is 7.10. The third-order valence-corrected chi connectivity index (χ3v) is 7.80. The maximum Gasteiger partial charge on any atom is 0.416 e. The summed E-state index contributed by atoms with van der Waals surface area (Å²) >= 11 is 1.53. The van der Waals surface area contributed by atoms with Gasteiger partial charge in [0.05, 0.1) is 5.56 Å². The number of ether oxygens (including phenoxy) is 1. The van der Waals surface area contributed by atoms with Crippen LogP contribution in [0.1, 0.15) is 54.0 Å². The second-order valence-corrected chi connectivity index (χ2v) is 10.4. The van der Waals surface area contributed by atoms with E-state index in [-0.39, 0.29) is 28.8 Å². The molecule has 1 heterocycles. The van der Waals surface area contributed by atoms with Crippen molar-refractivity contribution in [1.29, 1.82) is 0 Å². The van der Waals surface area contributed by atoms with Gasteiger partial charge in [0.25, 0.3) is 6.34 Å². The molecule has 2 N–H and O–H groups in total. The molecule has 0 bridgehead atoms. The molecule has 3 unspecified atom stereocenters. The van der Waals surface area contributed by atoms with E-state index in [1.165, 1.54) is 37.2 Å². The number of esters is 1. The first-order valence-corrected chi connectivity index (χ1v) is 12.6. The number of hydrogen-bond donors (Lipinski definition) is 2. The van der Waals surface area contributed by atoms with Crippen LogP contribution in [-0.4, -0.2) is 40.4 Å². The molecule has 201 valence electrons. The number of hydrazone groups is 1. The quantitative estimate of drug-likeness (QED) is 0.338. The molecule has 0 aliphatic carbocycles. The number of halogens is 4. The van der Waals surface area contributed by atoms with Crippen molar-refractivity contribution < 1.29 is 44.8 Å². The van der Waals surface area contributed by atoms with E-state index in [4.69, 9.17) is 4.74 Å². The van der Waals surface area contributed by atoms with Gasteiger partial charge in [-0.1, -0.05) is 29.3 Å². The van der Waals surface area contributed by atoms with Gasteiger partial charge in [0.15, 0.2) is 6.10 Å². The lowest BCUT2D eigenvalue weighted by molar-refractivity contribution is -0.137. The highest BCUT2D eigenvalue weighted by atomic mass is 79.9. The van der Waals surface area contributed by atoms with E-state index in [2.05, 4.69) is 15.5 Å². The van der Waals surface area contributed by atoms with Crippen molar-refractivity contribution in [3.8, 4) is 5.75 Å². The number of aliphatic imine (C=N–C) groups is 1. The fourth-order valence-electron chi connectivity index (χ4n) is 4.52. The highest BCUT2D eigenvalue weighted by Crippen LogP contribution is 2.45. The minimum Gasteiger partial charge on any atom is -1.00 e. The van der Waals surface area contributed by atoms with Crippen LogP contribution in [0.4, 0.5) is 13.2 Å². The predicted molar refractivity (Wildman–Crippen MR) is 136 cm³/mol. The van der Waals surface area contributed by atoms with Gasteiger partial charge in [-0.25, -0.2) is 0 Å². The Morgan fingerprint density at radius 1 is 1.19 bits per heavy atom. The van der Waals surface area contributed by atoms with Crippen molar-refractivity contribution in [2.45, 2.75) is 63.5 Å². The number of amidine groups is 1. The van der Waals surface area contributed by atoms with Crippen molar-refractivity contribution in [2.75, 3.05) is 6.26 Å². The maximum absolute atomic E-state index is 13.2. The molecule has 1 aliphatic heterocycles. The van der Waals surface area contributed by atoms with Gasteiger partial charge in [-0.2, -0.15) is 24.9 Å². The third kappa shape index (κ3) is 7.36. The van der Waals surface area contributed by atoms with Gasteiger partial charge in [0.1, 0.15) is 5.75 Å². The van der Waals surface area contributed by atoms with Crippen molar-refractivity contribution >= 4 is 29.9 Å². The Morgan fingerprint density at radius 2 is 1.78 bits per heavy atom. The maximum atomic E-state index is 13.2. The van der Waals surface area contributed by atoms with Gasteiger partial charge in [-0.3, -0.25) is 4.79 Å². The minimum atomic E-state index is -4.45. The van der Waals surface area contributed by atoms with Gasteiger partial charge in [0, 0.05) is 22.7 Å². The van der Waals surface area contributed by atoms with Crippen LogP contribution in [0.5, 0.6) is 5.75 Å². The lowest BCUT2D eigenvalue weighted by Gasteiger charge is -2.38. The Hall–Kier alpha value is -2.37. The number of benzene rings is 2. The Balaban J connectivity index is 0.00000481. The molecule has 0 saturated carbocycles. The van der Waals surface area contributed by atoms with E-state index in [9.17, 15) is 23.1 Å². The molecule has 6 nitrogen and oxygen atoms in total. The molecule has 0 fully saturated rings. The Bertz CT molecular complexity index is 1150. The molecule has 1 radical (unpaired) electrons. The number of nitrogens with one attached hydrogen (secondary N) is 1. The van der Waals surface area contributed by atoms with Crippen LogP contribution < -0.4 is 32.1 Å². The normalized spacial score (nSPS) is 16.2. The molecule has 0 saturated heterocycles. The van der Waals surface area contributed by atoms with Crippen LogP contribution in [0.3, 0.4) is 0 Å². The molecule has 3 rings (SSSR count). The third-order valence-electron chi connectivity index (χ3n) is 6.41. The fourth-order valence-corrected chi connectivity index (χ4v) is 5.35. The first-order chi connectivity index (χ1) is 16.9. The zero-order chi connectivity index (χ0) is 26.7. The molecule has 37 heavy (non-hydrogen) atoms. The highest BCUT2D eigenvalue weighted by Gasteiger charge is 2.44. The summed E-state index contributed by atoms with van der Waals surface area (Å²) in [5.74, 6) is -0.253. The van der Waals surface area contributed by atoms with Crippen LogP contribution in [0.15, 0.2) is 41.5 Å². The van der Waals surface area contributed by atoms with E-state index in [1.807, 2.05) is 39.2 Å². The lowest BCUT2D eigenvalue weighted by atomic mass is 9.78. The summed E-state index contributed by atoms with van der Waals surface area (Å²) in [5.41, 5.74) is 5.11. The van der Waals surface area contributed by atoms with Crippen molar-refractivity contribution in [2.24, 2.45) is 5.10 Å². The van der Waals surface area contributed by atoms with Gasteiger partial charge in [-0.15, -0.1) is 5.43 Å². The number of aliphatic hydroxyl groups is 1. The number of carbonyl (C=O) groups excluding carboxylic acids is 1. The topological polar surface area (TPSA) is 85.0 Å². The summed E-state index contributed by atoms with van der Waals surface area (Å²) in [6, 6.07) is 8.83. The Morgan fingerprint density at radius 3 is 2.24 bits per heavy atom. The second kappa shape index (κ2) is 12.4. The fraction of sp³-hybridized carbons (Fsp3) is 0.423. The van der Waals surface area contributed by atoms with Crippen LogP contribution in [-0.2, 0) is 17.4 Å². The molecule has 1 aliphatic rings. The molecular weight excluding hydrogens is 571 g/mol. The zero-order valence-corrected chi connectivity index (χ0v) is 23.6. The van der Waals surface area contributed by atoms with Gasteiger partial charge >= 0.3 is 18.0 Å². The molecule has 2 aromatic rings. The number of nitrogens with zero attached hydrogens (tertiary/aromatic N) is 2. The monoisotopic (exact) mass is 600 g/mol. The van der Waals surface area contributed by atoms with Crippen LogP contribution in [0.25, 0.3) is 0 Å². The standard InChI is InChI=1S/C26H30F3N3O3S.BrH/c1-15-12-18(13-16(2)23(15)35-17(3)33)10-11-25(4,36-5)21(22(34)24-30-14-31-32-24)19-6-8-20(9-7-19)26(27,28)29;/h6-9,12-14,21-22,34H,10-11H2,1-5H3,(H,31,32);1H/q+1;/p-1. The van der Waals surface area contributed by atoms with Gasteiger partial charge < -0.3 is 26.8 Å². The smallest absolute Gasteiger partial charge is 0.416 e. The molecule has 0 amide bonds. The second-order valence-electron chi connectivity index (χ2n) is 9.07. The zero-order valence-electron chi connectivity index (χ0n) is 21.2. The first kappa shape index (κ1) is 30.9. The molecule has 0 spiro atoms. The van der Waals surface area contributed by atoms with Crippen molar-refractivity contribution in [3.63, 3.8) is 0 Å². The van der Waals surface area contributed by atoms with E-state index in [1.54, 1.807) is 0 Å². The predicted octanol–water partition coefficient (Wildman–Crippen LogP) is 1.73. The summed E-state index contributed by atoms with van der Waals surface area (Å²) in [5, 5.41) is 15.3. The van der Waals surface area contributed by atoms with E-state index in [0.29, 0.717) is 24.2 Å². The van der Waals surface area contributed by atoms with Crippen LogP contribution in [0, 0.1) is 13.8 Å². The average Bonchev–Trinajstić information content (AvgIpc) is 3.35. The summed E-state index contributed by atoms with van der Waals surface area (Å²) in [6.07, 6.45) is -1.07. The van der Waals surface area contributed by atoms with Crippen molar-refractivity contribution in [1.82, 2.24) is 10.4 Å². The van der Waals surface area contributed by atoms with E-state index < -0.39 is 28.5 Å². The van der Waals surface area contributed by atoms with E-state index in [0.717, 1.165) is 28.8 Å². The Labute approximate surface area is 229 Å². The Kier molecular flexibility index (Phi) is 10.4. The van der Waals surface area contributed by atoms with Gasteiger partial charge in [-0.05, 0) is 74.3 Å². The first-order valence-electron chi connectivity index (χ1n) is 11.4. The SMILES string of the molecule is CSC(C)(CCc1cc(C)c(OC(C)=O)c(C)c1)C(c1ccc(C(F)(F)F)cc1)C(O)C1=NNC=[N+]1.[Br-]. The number of rotatable bonds is 9. The highest BCUT2D eigenvalue weighted by molar-refractivity contribution is 8.00. The van der Waals surface area contributed by atoms with E-state index >= 15 is 0 Å². The van der Waals surface area contributed by atoms with Gasteiger partial charge in [0.2, 0.25) is 0 Å². The molecule has 2 aromatic carbocycles. The lowest BCUT2D eigenvalue weighted by Crippen LogP contribution is -3.00. The minimum absolute atomic E-state index is 0. The van der Waals surface area contributed by atoms with Crippen LogP contribution >= 0.6 is 11.8 Å². The number of carbonyl (C=O) groups is 1. The molecular formula is C26H30BrF3N3O3S. The summed E-state index contributed by atoms with van der Waals surface area (Å²) in [4.78, 5) is 15.5. The number of thioether (sulfide) groups is 1. The number of aryl methyl sites for hydroxylation is 3. The summed E-state index contributed by atoms with van der Waals surface area (Å²) < 4.78 is 44.2. The molecule has 0 aromatic heterocycles. The number of hydrogen-bond acceptors (Lipinski definition) is 7. The average molecular weight is 602 g/mol.